The Balaban J connectivity index is 3.94. The molecule has 0 aromatic heterocycles. The Morgan fingerprint density at radius 1 is 1.23 bits per heavy atom. The van der Waals surface area contributed by atoms with E-state index in [-0.39, 0.29) is 0 Å². The van der Waals surface area contributed by atoms with Crippen LogP contribution in [0.15, 0.2) is 0 Å². The molecular formula is C11H26NP. The molecule has 0 fully saturated rings. The number of nitrogens with zero attached hydrogens (tertiary/aromatic N) is 1. The van der Waals surface area contributed by atoms with Gasteiger partial charge in [-0.3, -0.25) is 0 Å². The van der Waals surface area contributed by atoms with Crippen molar-refractivity contribution in [1.82, 2.24) is 4.90 Å². The molecule has 0 rings (SSSR count). The Morgan fingerprint density at radius 3 is 2.08 bits per heavy atom. The van der Waals surface area contributed by atoms with Crippen molar-refractivity contribution in [3.63, 3.8) is 0 Å². The van der Waals surface area contributed by atoms with E-state index in [1.807, 2.05) is 0 Å². The Bertz CT molecular complexity index is 127. The molecular weight excluding hydrogens is 177 g/mol. The summed E-state index contributed by atoms with van der Waals surface area (Å²) in [5, 5.41) is 0. The van der Waals surface area contributed by atoms with Gasteiger partial charge in [-0.15, -0.1) is 8.58 Å². The molecule has 2 heteroatoms. The molecule has 0 radical (unpaired) electrons. The first-order chi connectivity index (χ1) is 5.85. The van der Waals surface area contributed by atoms with Gasteiger partial charge in [-0.2, -0.15) is 0 Å². The van der Waals surface area contributed by atoms with Crippen LogP contribution in [0.4, 0.5) is 0 Å². The van der Waals surface area contributed by atoms with Gasteiger partial charge in [0, 0.05) is 6.54 Å². The first kappa shape index (κ1) is 13.4. The summed E-state index contributed by atoms with van der Waals surface area (Å²) in [4.78, 5) is 2.32. The highest BCUT2D eigenvalue weighted by Crippen LogP contribution is 2.27. The minimum absolute atomic E-state index is 0.486. The molecule has 0 aliphatic rings. The van der Waals surface area contributed by atoms with Crippen molar-refractivity contribution >= 4 is 8.58 Å². The molecule has 0 spiro atoms. The minimum atomic E-state index is 0.486. The highest BCUT2D eigenvalue weighted by Gasteiger charge is 2.18. The third kappa shape index (κ3) is 8.71. The zero-order valence-electron chi connectivity index (χ0n) is 10.1. The smallest absolute Gasteiger partial charge is 0.000704 e. The second-order valence-corrected chi connectivity index (χ2v) is 6.57. The lowest BCUT2D eigenvalue weighted by atomic mass is 9.85. The summed E-state index contributed by atoms with van der Waals surface area (Å²) in [6, 6.07) is 0. The van der Waals surface area contributed by atoms with Gasteiger partial charge in [-0.25, -0.2) is 0 Å². The lowest BCUT2D eigenvalue weighted by molar-refractivity contribution is 0.255. The number of rotatable bonds is 5. The van der Waals surface area contributed by atoms with E-state index >= 15 is 0 Å². The van der Waals surface area contributed by atoms with Gasteiger partial charge in [0.15, 0.2) is 0 Å². The number of hydrogen-bond acceptors (Lipinski definition) is 1. The molecule has 80 valence electrons. The van der Waals surface area contributed by atoms with Crippen molar-refractivity contribution in [3.8, 4) is 0 Å². The Labute approximate surface area is 86.1 Å². The van der Waals surface area contributed by atoms with Crippen LogP contribution >= 0.6 is 8.58 Å². The largest absolute Gasteiger partial charge is 0.309 e. The van der Waals surface area contributed by atoms with Crippen molar-refractivity contribution in [2.45, 2.75) is 27.2 Å². The van der Waals surface area contributed by atoms with Crippen LogP contribution in [0.1, 0.15) is 27.2 Å². The molecule has 2 atom stereocenters. The SMILES string of the molecule is CPCC(CN(C)C)CC(C)(C)C. The van der Waals surface area contributed by atoms with E-state index in [0.29, 0.717) is 5.41 Å². The average Bonchev–Trinajstić information content (AvgIpc) is 1.81. The second kappa shape index (κ2) is 5.98. The maximum Gasteiger partial charge on any atom is 0.000704 e. The van der Waals surface area contributed by atoms with E-state index in [4.69, 9.17) is 0 Å². The molecule has 2 unspecified atom stereocenters. The maximum absolute atomic E-state index is 2.34. The number of hydrogen-bond donors (Lipinski definition) is 0. The predicted octanol–water partition coefficient (Wildman–Crippen LogP) is 2.91. The van der Waals surface area contributed by atoms with Crippen LogP contribution in [0.3, 0.4) is 0 Å². The van der Waals surface area contributed by atoms with Gasteiger partial charge >= 0.3 is 0 Å². The van der Waals surface area contributed by atoms with Crippen LogP contribution in [0.2, 0.25) is 0 Å². The van der Waals surface area contributed by atoms with E-state index in [2.05, 4.69) is 46.4 Å². The third-order valence-corrected chi connectivity index (χ3v) is 3.00. The summed E-state index contributed by atoms with van der Waals surface area (Å²) >= 11 is 0. The van der Waals surface area contributed by atoms with Gasteiger partial charge in [0.1, 0.15) is 0 Å². The molecule has 0 aliphatic heterocycles. The predicted molar refractivity (Wildman–Crippen MR) is 65.2 cm³/mol. The van der Waals surface area contributed by atoms with Crippen LogP contribution in [-0.2, 0) is 0 Å². The second-order valence-electron chi connectivity index (χ2n) is 5.45. The van der Waals surface area contributed by atoms with Crippen molar-refractivity contribution < 1.29 is 0 Å². The van der Waals surface area contributed by atoms with Crippen LogP contribution in [0.25, 0.3) is 0 Å². The molecule has 0 bridgehead atoms. The highest BCUT2D eigenvalue weighted by atomic mass is 31.1. The van der Waals surface area contributed by atoms with Gasteiger partial charge in [0.25, 0.3) is 0 Å². The first-order valence-electron chi connectivity index (χ1n) is 5.14. The molecule has 1 nitrogen and oxygen atoms in total. The molecule has 0 aromatic rings. The molecule has 0 N–H and O–H groups in total. The van der Waals surface area contributed by atoms with Gasteiger partial charge in [0.2, 0.25) is 0 Å². The monoisotopic (exact) mass is 203 g/mol. The van der Waals surface area contributed by atoms with E-state index in [0.717, 1.165) is 14.5 Å². The Hall–Kier alpha value is 0.390. The van der Waals surface area contributed by atoms with Crippen LogP contribution < -0.4 is 0 Å². The van der Waals surface area contributed by atoms with Crippen molar-refractivity contribution in [3.05, 3.63) is 0 Å². The Morgan fingerprint density at radius 2 is 1.77 bits per heavy atom. The van der Waals surface area contributed by atoms with E-state index in [1.165, 1.54) is 19.1 Å². The van der Waals surface area contributed by atoms with Gasteiger partial charge in [-0.1, -0.05) is 20.8 Å². The van der Waals surface area contributed by atoms with E-state index in [9.17, 15) is 0 Å². The summed E-state index contributed by atoms with van der Waals surface area (Å²) in [6.07, 6.45) is 2.75. The molecule has 0 saturated heterocycles. The standard InChI is InChI=1S/C11H26NP/c1-11(2,3)7-10(9-13-6)8-12(4)5/h10,13H,7-9H2,1-6H3. The van der Waals surface area contributed by atoms with Crippen molar-refractivity contribution in [1.29, 1.82) is 0 Å². The summed E-state index contributed by atoms with van der Waals surface area (Å²) in [5.41, 5.74) is 0.486. The minimum Gasteiger partial charge on any atom is -0.309 e. The average molecular weight is 203 g/mol. The van der Waals surface area contributed by atoms with Gasteiger partial charge < -0.3 is 4.90 Å². The van der Waals surface area contributed by atoms with Crippen molar-refractivity contribution in [2.24, 2.45) is 11.3 Å². The summed E-state index contributed by atoms with van der Waals surface area (Å²) in [5.74, 6) is 0.887. The quantitative estimate of drug-likeness (QED) is 0.621. The lowest BCUT2D eigenvalue weighted by Gasteiger charge is -2.27. The molecule has 13 heavy (non-hydrogen) atoms. The fourth-order valence-corrected chi connectivity index (χ4v) is 2.72. The molecule has 0 aliphatic carbocycles. The molecule has 0 saturated carbocycles. The van der Waals surface area contributed by atoms with Crippen molar-refractivity contribution in [2.75, 3.05) is 33.5 Å². The Kier molecular flexibility index (Phi) is 6.16. The zero-order chi connectivity index (χ0) is 10.5. The van der Waals surface area contributed by atoms with Gasteiger partial charge in [-0.05, 0) is 44.7 Å². The normalized spacial score (nSPS) is 15.9. The van der Waals surface area contributed by atoms with Crippen LogP contribution in [-0.4, -0.2) is 38.4 Å². The highest BCUT2D eigenvalue weighted by molar-refractivity contribution is 7.36. The van der Waals surface area contributed by atoms with Gasteiger partial charge in [0.05, 0.1) is 0 Å². The fraction of sp³-hybridized carbons (Fsp3) is 1.00. The zero-order valence-corrected chi connectivity index (χ0v) is 11.1. The van der Waals surface area contributed by atoms with Crippen LogP contribution in [0.5, 0.6) is 0 Å². The summed E-state index contributed by atoms with van der Waals surface area (Å²) in [6.45, 7) is 10.6. The fourth-order valence-electron chi connectivity index (χ4n) is 1.87. The molecule has 0 amide bonds. The van der Waals surface area contributed by atoms with E-state index in [1.54, 1.807) is 0 Å². The third-order valence-electron chi connectivity index (χ3n) is 2.02. The first-order valence-corrected chi connectivity index (χ1v) is 6.85. The van der Waals surface area contributed by atoms with E-state index < -0.39 is 0 Å². The molecule has 0 aromatic carbocycles. The van der Waals surface area contributed by atoms with Crippen LogP contribution in [0, 0.1) is 11.3 Å². The topological polar surface area (TPSA) is 3.24 Å². The summed E-state index contributed by atoms with van der Waals surface area (Å²) < 4.78 is 0. The maximum atomic E-state index is 2.34. The lowest BCUT2D eigenvalue weighted by Crippen LogP contribution is -2.26. The summed E-state index contributed by atoms with van der Waals surface area (Å²) in [7, 11) is 5.45. The molecule has 0 heterocycles.